The molecule has 0 fully saturated rings. The summed E-state index contributed by atoms with van der Waals surface area (Å²) in [5.74, 6) is 0.0846. The first-order chi connectivity index (χ1) is 8.17. The van der Waals surface area contributed by atoms with Crippen molar-refractivity contribution in [2.24, 2.45) is 5.73 Å². The molecule has 0 aromatic heterocycles. The number of amides is 1. The van der Waals surface area contributed by atoms with Crippen LogP contribution in [0.1, 0.15) is 25.3 Å². The second-order valence-electron chi connectivity index (χ2n) is 4.06. The van der Waals surface area contributed by atoms with Gasteiger partial charge in [-0.05, 0) is 25.5 Å². The highest BCUT2D eigenvalue weighted by atomic mass is 16.3. The van der Waals surface area contributed by atoms with Crippen molar-refractivity contribution in [3.63, 3.8) is 0 Å². The first kappa shape index (κ1) is 13.5. The Balaban J connectivity index is 2.52. The number of hydrogen-bond donors (Lipinski definition) is 3. The number of nitrogens with two attached hydrogens (primary N) is 1. The minimum atomic E-state index is -0.0770. The van der Waals surface area contributed by atoms with Crippen molar-refractivity contribution in [3.05, 3.63) is 29.8 Å². The predicted octanol–water partition coefficient (Wildman–Crippen LogP) is 1.18. The number of benzene rings is 1. The molecule has 0 saturated carbocycles. The highest BCUT2D eigenvalue weighted by Crippen LogP contribution is 2.15. The molecule has 4 nitrogen and oxygen atoms in total. The van der Waals surface area contributed by atoms with Crippen molar-refractivity contribution in [1.29, 1.82) is 0 Å². The van der Waals surface area contributed by atoms with Crippen molar-refractivity contribution >= 4 is 5.91 Å². The van der Waals surface area contributed by atoms with Crippen molar-refractivity contribution < 1.29 is 9.90 Å². The van der Waals surface area contributed by atoms with Gasteiger partial charge in [0.05, 0.1) is 6.42 Å². The van der Waals surface area contributed by atoms with Crippen LogP contribution in [0.4, 0.5) is 0 Å². The second kappa shape index (κ2) is 6.91. The Labute approximate surface area is 102 Å². The Hall–Kier alpha value is -1.55. The molecule has 0 aliphatic heterocycles. The van der Waals surface area contributed by atoms with Crippen LogP contribution in [0.5, 0.6) is 5.75 Å². The maximum Gasteiger partial charge on any atom is 0.224 e. The van der Waals surface area contributed by atoms with E-state index in [2.05, 4.69) is 5.32 Å². The first-order valence-electron chi connectivity index (χ1n) is 5.93. The molecule has 0 radical (unpaired) electrons. The number of hydrogen-bond acceptors (Lipinski definition) is 3. The van der Waals surface area contributed by atoms with Gasteiger partial charge in [0, 0.05) is 11.6 Å². The van der Waals surface area contributed by atoms with E-state index in [-0.39, 0.29) is 24.1 Å². The number of phenolic OH excluding ortho intramolecular Hbond substituents is 1. The van der Waals surface area contributed by atoms with Crippen molar-refractivity contribution in [3.8, 4) is 5.75 Å². The number of phenols is 1. The molecule has 0 bridgehead atoms. The zero-order valence-electron chi connectivity index (χ0n) is 10.1. The predicted molar refractivity (Wildman–Crippen MR) is 67.7 cm³/mol. The van der Waals surface area contributed by atoms with Crippen molar-refractivity contribution in [2.45, 2.75) is 32.2 Å². The molecular formula is C13H20N2O2. The summed E-state index contributed by atoms with van der Waals surface area (Å²) in [5.41, 5.74) is 6.11. The lowest BCUT2D eigenvalue weighted by Crippen LogP contribution is -2.36. The van der Waals surface area contributed by atoms with Crippen LogP contribution in [0.2, 0.25) is 0 Å². The Morgan fingerprint density at radius 2 is 2.18 bits per heavy atom. The number of carbonyl (C=O) groups is 1. The molecule has 1 atom stereocenters. The molecule has 17 heavy (non-hydrogen) atoms. The maximum absolute atomic E-state index is 11.7. The van der Waals surface area contributed by atoms with E-state index in [0.29, 0.717) is 12.1 Å². The van der Waals surface area contributed by atoms with Crippen LogP contribution in [0.15, 0.2) is 24.3 Å². The van der Waals surface area contributed by atoms with Gasteiger partial charge in [0.25, 0.3) is 0 Å². The van der Waals surface area contributed by atoms with Gasteiger partial charge >= 0.3 is 0 Å². The molecule has 1 amide bonds. The zero-order valence-corrected chi connectivity index (χ0v) is 10.1. The topological polar surface area (TPSA) is 75.3 Å². The molecule has 1 rings (SSSR count). The summed E-state index contributed by atoms with van der Waals surface area (Å²) >= 11 is 0. The van der Waals surface area contributed by atoms with Crippen molar-refractivity contribution in [2.75, 3.05) is 6.54 Å². The van der Waals surface area contributed by atoms with Gasteiger partial charge in [0.2, 0.25) is 5.91 Å². The van der Waals surface area contributed by atoms with Crippen LogP contribution >= 0.6 is 0 Å². The Morgan fingerprint density at radius 1 is 1.47 bits per heavy atom. The van der Waals surface area contributed by atoms with Gasteiger partial charge in [-0.3, -0.25) is 4.79 Å². The summed E-state index contributed by atoms with van der Waals surface area (Å²) in [6, 6.07) is 7.00. The summed E-state index contributed by atoms with van der Waals surface area (Å²) in [6.07, 6.45) is 1.85. The lowest BCUT2D eigenvalue weighted by molar-refractivity contribution is -0.121. The molecule has 0 heterocycles. The van der Waals surface area contributed by atoms with Gasteiger partial charge in [0.1, 0.15) is 5.75 Å². The highest BCUT2D eigenvalue weighted by Gasteiger charge is 2.11. The van der Waals surface area contributed by atoms with Gasteiger partial charge in [-0.1, -0.05) is 25.1 Å². The van der Waals surface area contributed by atoms with Crippen LogP contribution in [0, 0.1) is 0 Å². The van der Waals surface area contributed by atoms with Gasteiger partial charge in [-0.25, -0.2) is 0 Å². The Kier molecular flexibility index (Phi) is 5.49. The first-order valence-corrected chi connectivity index (χ1v) is 5.93. The number of carbonyl (C=O) groups excluding carboxylic acids is 1. The smallest absolute Gasteiger partial charge is 0.224 e. The molecule has 0 aliphatic rings. The van der Waals surface area contributed by atoms with E-state index >= 15 is 0 Å². The molecule has 0 aliphatic carbocycles. The largest absolute Gasteiger partial charge is 0.508 e. The summed E-state index contributed by atoms with van der Waals surface area (Å²) in [5, 5.41) is 12.5. The number of aromatic hydroxyl groups is 1. The fourth-order valence-corrected chi connectivity index (χ4v) is 1.69. The molecule has 1 unspecified atom stereocenters. The third-order valence-electron chi connectivity index (χ3n) is 2.72. The SMILES string of the molecule is CCC(CCN)NC(=O)Cc1ccccc1O. The lowest BCUT2D eigenvalue weighted by Gasteiger charge is -2.16. The van der Waals surface area contributed by atoms with E-state index in [0.717, 1.165) is 12.8 Å². The molecule has 0 spiro atoms. The third kappa shape index (κ3) is 4.44. The average Bonchev–Trinajstić information content (AvgIpc) is 2.31. The summed E-state index contributed by atoms with van der Waals surface area (Å²) in [4.78, 5) is 11.7. The zero-order chi connectivity index (χ0) is 12.7. The minimum Gasteiger partial charge on any atom is -0.508 e. The molecular weight excluding hydrogens is 216 g/mol. The van der Waals surface area contributed by atoms with E-state index in [1.54, 1.807) is 24.3 Å². The Morgan fingerprint density at radius 3 is 2.76 bits per heavy atom. The maximum atomic E-state index is 11.7. The molecule has 4 N–H and O–H groups in total. The molecule has 1 aromatic rings. The number of para-hydroxylation sites is 1. The molecule has 94 valence electrons. The van der Waals surface area contributed by atoms with Crippen LogP contribution in [0.3, 0.4) is 0 Å². The van der Waals surface area contributed by atoms with Gasteiger partial charge < -0.3 is 16.2 Å². The summed E-state index contributed by atoms with van der Waals surface area (Å²) < 4.78 is 0. The number of nitrogens with one attached hydrogen (secondary N) is 1. The van der Waals surface area contributed by atoms with Gasteiger partial charge in [0.15, 0.2) is 0 Å². The fraction of sp³-hybridized carbons (Fsp3) is 0.462. The lowest BCUT2D eigenvalue weighted by atomic mass is 10.1. The normalized spacial score (nSPS) is 12.1. The Bertz CT molecular complexity index is 366. The van der Waals surface area contributed by atoms with E-state index in [9.17, 15) is 9.90 Å². The fourth-order valence-electron chi connectivity index (χ4n) is 1.69. The van der Waals surface area contributed by atoms with E-state index in [1.807, 2.05) is 6.92 Å². The highest BCUT2D eigenvalue weighted by molar-refractivity contribution is 5.79. The van der Waals surface area contributed by atoms with Crippen LogP contribution < -0.4 is 11.1 Å². The quantitative estimate of drug-likeness (QED) is 0.694. The van der Waals surface area contributed by atoms with E-state index in [1.165, 1.54) is 0 Å². The molecule has 1 aromatic carbocycles. The van der Waals surface area contributed by atoms with Crippen LogP contribution in [-0.2, 0) is 11.2 Å². The molecule has 0 saturated heterocycles. The average molecular weight is 236 g/mol. The number of rotatable bonds is 6. The summed E-state index contributed by atoms with van der Waals surface area (Å²) in [6.45, 7) is 2.58. The summed E-state index contributed by atoms with van der Waals surface area (Å²) in [7, 11) is 0. The van der Waals surface area contributed by atoms with E-state index < -0.39 is 0 Å². The molecule has 4 heteroatoms. The monoisotopic (exact) mass is 236 g/mol. The minimum absolute atomic E-state index is 0.0770. The third-order valence-corrected chi connectivity index (χ3v) is 2.72. The standard InChI is InChI=1S/C13H20N2O2/c1-2-11(7-8-14)15-13(17)9-10-5-3-4-6-12(10)16/h3-6,11,16H,2,7-9,14H2,1H3,(H,15,17). The van der Waals surface area contributed by atoms with Crippen LogP contribution in [-0.4, -0.2) is 23.6 Å². The van der Waals surface area contributed by atoms with E-state index in [4.69, 9.17) is 5.73 Å². The second-order valence-corrected chi connectivity index (χ2v) is 4.06. The van der Waals surface area contributed by atoms with Crippen molar-refractivity contribution in [1.82, 2.24) is 5.32 Å². The van der Waals surface area contributed by atoms with Gasteiger partial charge in [-0.2, -0.15) is 0 Å². The van der Waals surface area contributed by atoms with Gasteiger partial charge in [-0.15, -0.1) is 0 Å². The van der Waals surface area contributed by atoms with Crippen LogP contribution in [0.25, 0.3) is 0 Å².